The summed E-state index contributed by atoms with van der Waals surface area (Å²) in [6.07, 6.45) is 10.6. The Balaban J connectivity index is 2.02. The molecule has 0 saturated carbocycles. The fraction of sp³-hybridized carbons (Fsp3) is 0.581. The van der Waals surface area contributed by atoms with E-state index < -0.39 is 18.1 Å². The molecule has 0 bridgehead atoms. The zero-order valence-electron chi connectivity index (χ0n) is 25.8. The number of allylic oxidation sites excluding steroid dienone is 1. The predicted octanol–water partition coefficient (Wildman–Crippen LogP) is 5.49. The summed E-state index contributed by atoms with van der Waals surface area (Å²) in [6.45, 7) is 7.45. The van der Waals surface area contributed by atoms with E-state index in [0.29, 0.717) is 56.2 Å². The summed E-state index contributed by atoms with van der Waals surface area (Å²) in [5.41, 5.74) is 10.1. The fourth-order valence-electron chi connectivity index (χ4n) is 4.61. The van der Waals surface area contributed by atoms with Gasteiger partial charge < -0.3 is 33.4 Å². The lowest BCUT2D eigenvalue weighted by Crippen LogP contribution is -2.37. The summed E-state index contributed by atoms with van der Waals surface area (Å²) in [5.74, 6) is -0.114. The third-order valence-electron chi connectivity index (χ3n) is 6.85. The van der Waals surface area contributed by atoms with Crippen molar-refractivity contribution in [3.8, 4) is 11.5 Å². The Kier molecular flexibility index (Phi) is 15.1. The van der Waals surface area contributed by atoms with Crippen LogP contribution in [-0.2, 0) is 30.3 Å². The molecule has 0 radical (unpaired) electrons. The van der Waals surface area contributed by atoms with Crippen LogP contribution in [0, 0.1) is 0 Å². The molecule has 1 fully saturated rings. The number of cyclic esters (lactones) is 1. The summed E-state index contributed by atoms with van der Waals surface area (Å²) in [7, 11) is 0. The molecule has 2 atom stereocenters. The molecule has 13 heteroatoms. The maximum atomic E-state index is 13.6. The molecule has 240 valence electrons. The Hall–Kier alpha value is -4.06. The van der Waals surface area contributed by atoms with Crippen molar-refractivity contribution in [3.05, 3.63) is 58.0 Å². The van der Waals surface area contributed by atoms with Crippen LogP contribution in [0.2, 0.25) is 0 Å². The van der Waals surface area contributed by atoms with Gasteiger partial charge in [-0.15, -0.1) is 0 Å². The minimum atomic E-state index is -0.600. The van der Waals surface area contributed by atoms with E-state index in [1.807, 2.05) is 26.0 Å². The van der Waals surface area contributed by atoms with E-state index in [-0.39, 0.29) is 43.8 Å². The SMILES string of the molecule is CCOCOc1cc2c(c(OCOCC)c1)C(=O)O[C@H](C)C/C=C/[C@H](N=[N+]=[N-])C/C=C/C(=NOCC(=O)N1CCCCC1)C2. The molecule has 0 aromatic heterocycles. The lowest BCUT2D eigenvalue weighted by molar-refractivity contribution is -0.137. The minimum Gasteiger partial charge on any atom is -0.467 e. The zero-order valence-corrected chi connectivity index (χ0v) is 25.8. The van der Waals surface area contributed by atoms with Crippen LogP contribution < -0.4 is 9.47 Å². The summed E-state index contributed by atoms with van der Waals surface area (Å²) < 4.78 is 28.2. The van der Waals surface area contributed by atoms with Gasteiger partial charge in [0.15, 0.2) is 20.2 Å². The van der Waals surface area contributed by atoms with Gasteiger partial charge in [-0.2, -0.15) is 0 Å². The molecule has 44 heavy (non-hydrogen) atoms. The van der Waals surface area contributed by atoms with Gasteiger partial charge in [-0.05, 0) is 69.7 Å². The molecule has 0 N–H and O–H groups in total. The highest BCUT2D eigenvalue weighted by Crippen LogP contribution is 2.32. The van der Waals surface area contributed by atoms with Crippen LogP contribution in [-0.4, -0.2) is 81.1 Å². The number of likely N-dealkylation sites (tertiary alicyclic amines) is 1. The average molecular weight is 614 g/mol. The second-order valence-electron chi connectivity index (χ2n) is 10.2. The number of fused-ring (bicyclic) bond motifs is 1. The molecule has 0 unspecified atom stereocenters. The van der Waals surface area contributed by atoms with E-state index >= 15 is 0 Å². The van der Waals surface area contributed by atoms with Crippen molar-refractivity contribution in [1.82, 2.24) is 4.90 Å². The Morgan fingerprint density at radius 1 is 1.07 bits per heavy atom. The molecule has 1 aromatic carbocycles. The van der Waals surface area contributed by atoms with Crippen LogP contribution in [0.1, 0.15) is 68.8 Å². The monoisotopic (exact) mass is 613 g/mol. The van der Waals surface area contributed by atoms with Crippen molar-refractivity contribution in [2.45, 2.75) is 71.4 Å². The van der Waals surface area contributed by atoms with E-state index in [4.69, 9.17) is 34.1 Å². The van der Waals surface area contributed by atoms with Crippen molar-refractivity contribution in [1.29, 1.82) is 0 Å². The Bertz CT molecular complexity index is 1220. The molecule has 3 rings (SSSR count). The van der Waals surface area contributed by atoms with Gasteiger partial charge in [0.2, 0.25) is 0 Å². The van der Waals surface area contributed by atoms with Gasteiger partial charge in [-0.1, -0.05) is 28.5 Å². The number of ether oxygens (including phenoxy) is 5. The van der Waals surface area contributed by atoms with E-state index in [1.54, 1.807) is 36.1 Å². The number of carbonyl (C=O) groups is 2. The summed E-state index contributed by atoms with van der Waals surface area (Å²) >= 11 is 0. The van der Waals surface area contributed by atoms with Crippen LogP contribution in [0.5, 0.6) is 11.5 Å². The fourth-order valence-corrected chi connectivity index (χ4v) is 4.61. The summed E-state index contributed by atoms with van der Waals surface area (Å²) in [6, 6.07) is 2.84. The molecule has 13 nitrogen and oxygen atoms in total. The molecule has 0 aliphatic carbocycles. The van der Waals surface area contributed by atoms with Gasteiger partial charge in [0.05, 0.1) is 11.8 Å². The molecule has 1 amide bonds. The van der Waals surface area contributed by atoms with E-state index in [2.05, 4.69) is 15.2 Å². The van der Waals surface area contributed by atoms with Crippen LogP contribution in [0.3, 0.4) is 0 Å². The highest BCUT2D eigenvalue weighted by Gasteiger charge is 2.24. The van der Waals surface area contributed by atoms with Crippen LogP contribution in [0.15, 0.2) is 46.7 Å². The third-order valence-corrected chi connectivity index (χ3v) is 6.85. The first-order chi connectivity index (χ1) is 21.4. The number of nitrogens with zero attached hydrogens (tertiary/aromatic N) is 5. The second-order valence-corrected chi connectivity index (χ2v) is 10.2. The number of azide groups is 1. The van der Waals surface area contributed by atoms with Gasteiger partial charge in [-0.3, -0.25) is 4.79 Å². The number of esters is 1. The lowest BCUT2D eigenvalue weighted by atomic mass is 9.99. The standard InChI is InChI=1S/C31H43N5O8/c1-4-39-21-41-27-18-24-17-26(34-43-20-29(37)36-15-7-6-8-16-36)14-10-13-25(33-35-32)12-9-11-23(3)44-31(38)30(24)28(19-27)42-22-40-5-2/h9-10,12,14,18-19,23,25H,4-8,11,13,15-17,20-22H2,1-3H3/b12-9+,14-10+,34-26?/t23-,25+/m1/s1. The Labute approximate surface area is 258 Å². The third kappa shape index (κ3) is 11.6. The zero-order chi connectivity index (χ0) is 31.6. The first-order valence-electron chi connectivity index (χ1n) is 15.1. The smallest absolute Gasteiger partial charge is 0.342 e. The van der Waals surface area contributed by atoms with Crippen molar-refractivity contribution in [2.75, 3.05) is 46.5 Å². The van der Waals surface area contributed by atoms with Crippen molar-refractivity contribution >= 4 is 17.6 Å². The Morgan fingerprint density at radius 2 is 1.82 bits per heavy atom. The quantitative estimate of drug-likeness (QED) is 0.0438. The van der Waals surface area contributed by atoms with E-state index in [1.165, 1.54) is 0 Å². The summed E-state index contributed by atoms with van der Waals surface area (Å²) in [4.78, 5) is 36.6. The first-order valence-corrected chi connectivity index (χ1v) is 15.1. The predicted molar refractivity (Wildman–Crippen MR) is 164 cm³/mol. The molecule has 0 spiro atoms. The molecule has 2 aliphatic heterocycles. The van der Waals surface area contributed by atoms with Crippen molar-refractivity contribution < 1.29 is 38.1 Å². The number of hydrogen-bond acceptors (Lipinski definition) is 10. The number of carbonyl (C=O) groups excluding carboxylic acids is 2. The largest absolute Gasteiger partial charge is 0.467 e. The molecular formula is C31H43N5O8. The van der Waals surface area contributed by atoms with Crippen LogP contribution >= 0.6 is 0 Å². The number of benzene rings is 1. The Morgan fingerprint density at radius 3 is 2.55 bits per heavy atom. The van der Waals surface area contributed by atoms with E-state index in [0.717, 1.165) is 19.3 Å². The van der Waals surface area contributed by atoms with Gasteiger partial charge in [0.25, 0.3) is 5.91 Å². The number of hydrogen-bond donors (Lipinski definition) is 0. The van der Waals surface area contributed by atoms with Gasteiger partial charge in [0, 0.05) is 50.1 Å². The molecular weight excluding hydrogens is 570 g/mol. The highest BCUT2D eigenvalue weighted by atomic mass is 16.7. The maximum Gasteiger partial charge on any atom is 0.342 e. The van der Waals surface area contributed by atoms with Crippen LogP contribution in [0.4, 0.5) is 0 Å². The number of amides is 1. The number of piperidine rings is 1. The average Bonchev–Trinajstić information content (AvgIpc) is 3.01. The molecule has 1 aromatic rings. The molecule has 1 saturated heterocycles. The topological polar surface area (TPSA) is 154 Å². The van der Waals surface area contributed by atoms with Crippen LogP contribution in [0.25, 0.3) is 10.4 Å². The van der Waals surface area contributed by atoms with Gasteiger partial charge in [0.1, 0.15) is 23.2 Å². The lowest BCUT2D eigenvalue weighted by Gasteiger charge is -2.26. The van der Waals surface area contributed by atoms with E-state index in [9.17, 15) is 9.59 Å². The minimum absolute atomic E-state index is 0.00261. The summed E-state index contributed by atoms with van der Waals surface area (Å²) in [5, 5.41) is 8.13. The highest BCUT2D eigenvalue weighted by molar-refractivity contribution is 6.00. The van der Waals surface area contributed by atoms with Crippen molar-refractivity contribution in [2.24, 2.45) is 10.3 Å². The maximum absolute atomic E-state index is 13.6. The van der Waals surface area contributed by atoms with Gasteiger partial charge in [-0.25, -0.2) is 4.79 Å². The number of oxime groups is 1. The normalized spacial score (nSPS) is 21.7. The first kappa shape index (κ1) is 34.4. The van der Waals surface area contributed by atoms with Crippen molar-refractivity contribution in [3.63, 3.8) is 0 Å². The number of rotatable bonds is 12. The molecule has 2 heterocycles. The second kappa shape index (κ2) is 19.3. The van der Waals surface area contributed by atoms with Gasteiger partial charge >= 0.3 is 5.97 Å². The molecule has 2 aliphatic rings.